The molecule has 2 rings (SSSR count). The Bertz CT molecular complexity index is 568. The number of primary amides is 1. The highest BCUT2D eigenvalue weighted by molar-refractivity contribution is 6.67. The molecule has 0 saturated carbocycles. The predicted octanol–water partition coefficient (Wildman–Crippen LogP) is 3.47. The van der Waals surface area contributed by atoms with Crippen molar-refractivity contribution >= 4 is 22.8 Å². The maximum atomic E-state index is 10.6. The summed E-state index contributed by atoms with van der Waals surface area (Å²) in [6.07, 6.45) is 0. The first-order valence-electron chi connectivity index (χ1n) is 6.04. The Morgan fingerprint density at radius 3 is 1.50 bits per heavy atom. The van der Waals surface area contributed by atoms with Gasteiger partial charge >= 0.3 is 0 Å². The van der Waals surface area contributed by atoms with Gasteiger partial charge in [0, 0.05) is 11.1 Å². The van der Waals surface area contributed by atoms with Crippen molar-refractivity contribution in [3.8, 4) is 0 Å². The lowest BCUT2D eigenvalue weighted by Gasteiger charge is -1.97. The van der Waals surface area contributed by atoms with Crippen molar-refractivity contribution in [1.82, 2.24) is 0 Å². The Labute approximate surface area is 123 Å². The molecule has 0 saturated heterocycles. The molecule has 0 fully saturated rings. The molecule has 104 valence electrons. The van der Waals surface area contributed by atoms with Crippen LogP contribution in [0.25, 0.3) is 0 Å². The molecular weight excluding hydrogens is 274 g/mol. The van der Waals surface area contributed by atoms with Crippen LogP contribution in [0.2, 0.25) is 0 Å². The number of amides is 1. The van der Waals surface area contributed by atoms with Gasteiger partial charge in [-0.2, -0.15) is 0 Å². The number of hydrogen-bond donors (Lipinski definition) is 1. The largest absolute Gasteiger partial charge is 0.366 e. The van der Waals surface area contributed by atoms with Crippen LogP contribution in [-0.4, -0.2) is 11.1 Å². The molecule has 0 aliphatic rings. The third-order valence-corrected chi connectivity index (χ3v) is 2.97. The van der Waals surface area contributed by atoms with E-state index in [1.807, 2.05) is 38.1 Å². The van der Waals surface area contributed by atoms with Crippen LogP contribution in [0, 0.1) is 13.8 Å². The van der Waals surface area contributed by atoms with E-state index in [9.17, 15) is 9.59 Å². The van der Waals surface area contributed by atoms with Crippen LogP contribution in [0.5, 0.6) is 0 Å². The number of hydrogen-bond acceptors (Lipinski definition) is 2. The Kier molecular flexibility index (Phi) is 5.94. The standard InChI is InChI=1S/C8H7ClO.C8H9NO/c2*1-6-4-2-3-5-7(6)8(9)10/h2-5H,1H3;2-5H,1H3,(H2,9,10). The van der Waals surface area contributed by atoms with Crippen LogP contribution in [0.1, 0.15) is 31.8 Å². The zero-order chi connectivity index (χ0) is 15.1. The topological polar surface area (TPSA) is 60.2 Å². The number of aryl methyl sites for hydroxylation is 2. The van der Waals surface area contributed by atoms with Gasteiger partial charge in [-0.05, 0) is 48.7 Å². The minimum Gasteiger partial charge on any atom is -0.366 e. The molecule has 3 nitrogen and oxygen atoms in total. The highest BCUT2D eigenvalue weighted by Crippen LogP contribution is 2.09. The molecule has 0 aliphatic heterocycles. The van der Waals surface area contributed by atoms with Gasteiger partial charge in [-0.15, -0.1) is 0 Å². The zero-order valence-corrected chi connectivity index (χ0v) is 12.1. The molecule has 2 aromatic carbocycles. The van der Waals surface area contributed by atoms with Gasteiger partial charge in [0.05, 0.1) is 0 Å². The molecule has 0 atom stereocenters. The van der Waals surface area contributed by atoms with E-state index in [-0.39, 0.29) is 5.91 Å². The summed E-state index contributed by atoms with van der Waals surface area (Å²) in [5.74, 6) is -0.363. The number of carbonyl (C=O) groups excluding carboxylic acids is 2. The van der Waals surface area contributed by atoms with Gasteiger partial charge in [0.2, 0.25) is 5.91 Å². The lowest BCUT2D eigenvalue weighted by Crippen LogP contribution is -2.12. The smallest absolute Gasteiger partial charge is 0.252 e. The first-order valence-corrected chi connectivity index (χ1v) is 6.42. The van der Waals surface area contributed by atoms with Crippen molar-refractivity contribution in [2.75, 3.05) is 0 Å². The fourth-order valence-electron chi connectivity index (χ4n) is 1.64. The first-order chi connectivity index (χ1) is 9.43. The van der Waals surface area contributed by atoms with Gasteiger partial charge in [-0.25, -0.2) is 0 Å². The molecular formula is C16H16ClNO2. The molecule has 0 aromatic heterocycles. The highest BCUT2D eigenvalue weighted by Gasteiger charge is 2.02. The Balaban J connectivity index is 0.000000200. The van der Waals surface area contributed by atoms with E-state index in [1.54, 1.807) is 24.3 Å². The summed E-state index contributed by atoms with van der Waals surface area (Å²) in [6, 6.07) is 14.5. The van der Waals surface area contributed by atoms with Crippen LogP contribution >= 0.6 is 11.6 Å². The van der Waals surface area contributed by atoms with Crippen LogP contribution in [0.3, 0.4) is 0 Å². The average molecular weight is 290 g/mol. The van der Waals surface area contributed by atoms with E-state index in [4.69, 9.17) is 17.3 Å². The quantitative estimate of drug-likeness (QED) is 0.861. The van der Waals surface area contributed by atoms with E-state index < -0.39 is 5.24 Å². The van der Waals surface area contributed by atoms with Gasteiger partial charge in [-0.3, -0.25) is 9.59 Å². The minimum absolute atomic E-state index is 0.363. The summed E-state index contributed by atoms with van der Waals surface area (Å²) in [4.78, 5) is 21.3. The second kappa shape index (κ2) is 7.46. The van der Waals surface area contributed by atoms with E-state index in [1.165, 1.54) is 0 Å². The van der Waals surface area contributed by atoms with Crippen molar-refractivity contribution in [1.29, 1.82) is 0 Å². The zero-order valence-electron chi connectivity index (χ0n) is 11.4. The minimum atomic E-state index is -0.391. The fourth-order valence-corrected chi connectivity index (χ4v) is 1.85. The lowest BCUT2D eigenvalue weighted by molar-refractivity contribution is 0.0999. The van der Waals surface area contributed by atoms with Crippen molar-refractivity contribution in [3.05, 3.63) is 70.8 Å². The average Bonchev–Trinajstić information content (AvgIpc) is 2.40. The number of benzene rings is 2. The number of nitrogens with two attached hydrogens (primary N) is 1. The SMILES string of the molecule is Cc1ccccc1C(=O)Cl.Cc1ccccc1C(N)=O. The van der Waals surface area contributed by atoms with E-state index >= 15 is 0 Å². The summed E-state index contributed by atoms with van der Waals surface area (Å²) in [5, 5.41) is -0.391. The van der Waals surface area contributed by atoms with E-state index in [2.05, 4.69) is 0 Å². The van der Waals surface area contributed by atoms with E-state index in [0.29, 0.717) is 11.1 Å². The van der Waals surface area contributed by atoms with Crippen molar-refractivity contribution in [3.63, 3.8) is 0 Å². The molecule has 20 heavy (non-hydrogen) atoms. The molecule has 2 N–H and O–H groups in total. The number of rotatable bonds is 2. The molecule has 0 unspecified atom stereocenters. The van der Waals surface area contributed by atoms with Crippen LogP contribution in [0.15, 0.2) is 48.5 Å². The van der Waals surface area contributed by atoms with E-state index in [0.717, 1.165) is 11.1 Å². The third kappa shape index (κ3) is 4.52. The summed E-state index contributed by atoms with van der Waals surface area (Å²) in [7, 11) is 0. The third-order valence-electron chi connectivity index (χ3n) is 2.77. The van der Waals surface area contributed by atoms with Crippen molar-refractivity contribution < 1.29 is 9.59 Å². The van der Waals surface area contributed by atoms with Crippen molar-refractivity contribution in [2.45, 2.75) is 13.8 Å². The maximum Gasteiger partial charge on any atom is 0.252 e. The van der Waals surface area contributed by atoms with Crippen LogP contribution < -0.4 is 5.73 Å². The van der Waals surface area contributed by atoms with Gasteiger partial charge in [-0.1, -0.05) is 36.4 Å². The summed E-state index contributed by atoms with van der Waals surface area (Å²) >= 11 is 5.27. The molecule has 4 heteroatoms. The van der Waals surface area contributed by atoms with Crippen molar-refractivity contribution in [2.24, 2.45) is 5.73 Å². The monoisotopic (exact) mass is 289 g/mol. The maximum absolute atomic E-state index is 10.6. The summed E-state index contributed by atoms with van der Waals surface area (Å²) in [5.41, 5.74) is 8.11. The summed E-state index contributed by atoms with van der Waals surface area (Å²) < 4.78 is 0. The van der Waals surface area contributed by atoms with Crippen LogP contribution in [-0.2, 0) is 0 Å². The molecule has 0 bridgehead atoms. The number of carbonyl (C=O) groups is 2. The first kappa shape index (κ1) is 15.9. The highest BCUT2D eigenvalue weighted by atomic mass is 35.5. The van der Waals surface area contributed by atoms with Crippen LogP contribution in [0.4, 0.5) is 0 Å². The molecule has 0 spiro atoms. The number of halogens is 1. The second-order valence-electron chi connectivity index (χ2n) is 4.27. The van der Waals surface area contributed by atoms with Gasteiger partial charge in [0.25, 0.3) is 5.24 Å². The normalized spacial score (nSPS) is 9.35. The Hall–Kier alpha value is -2.13. The van der Waals surface area contributed by atoms with Gasteiger partial charge in [0.1, 0.15) is 0 Å². The molecule has 0 radical (unpaired) electrons. The Morgan fingerprint density at radius 1 is 0.850 bits per heavy atom. The lowest BCUT2D eigenvalue weighted by atomic mass is 10.1. The molecule has 1 amide bonds. The van der Waals surface area contributed by atoms with Gasteiger partial charge in [0.15, 0.2) is 0 Å². The fraction of sp³-hybridized carbons (Fsp3) is 0.125. The molecule has 0 heterocycles. The molecule has 0 aliphatic carbocycles. The predicted molar refractivity (Wildman–Crippen MR) is 81.1 cm³/mol. The Morgan fingerprint density at radius 2 is 1.25 bits per heavy atom. The summed E-state index contributed by atoms with van der Waals surface area (Å²) in [6.45, 7) is 3.72. The molecule has 2 aromatic rings. The second-order valence-corrected chi connectivity index (χ2v) is 4.61. The van der Waals surface area contributed by atoms with Gasteiger partial charge < -0.3 is 5.73 Å².